The summed E-state index contributed by atoms with van der Waals surface area (Å²) in [6.45, 7) is 10.7. The molecule has 3 aromatic rings. The van der Waals surface area contributed by atoms with Crippen molar-refractivity contribution in [2.45, 2.75) is 64.6 Å². The molecule has 0 aliphatic carbocycles. The van der Waals surface area contributed by atoms with Gasteiger partial charge >= 0.3 is 0 Å². The number of nitrogens with zero attached hydrogens (tertiary/aromatic N) is 2. The molecule has 3 rings (SSSR count). The number of carbonyl (C=O) groups excluding carboxylic acids is 2. The summed E-state index contributed by atoms with van der Waals surface area (Å²) in [5.41, 5.74) is 2.39. The van der Waals surface area contributed by atoms with Gasteiger partial charge in [0.05, 0.1) is 10.6 Å². The van der Waals surface area contributed by atoms with Gasteiger partial charge in [-0.2, -0.15) is 0 Å². The van der Waals surface area contributed by atoms with Gasteiger partial charge in [-0.05, 0) is 70.9 Å². The molecule has 0 fully saturated rings. The Morgan fingerprint density at radius 1 is 0.868 bits per heavy atom. The van der Waals surface area contributed by atoms with Crippen molar-refractivity contribution < 1.29 is 18.0 Å². The van der Waals surface area contributed by atoms with E-state index >= 15 is 0 Å². The molecule has 1 atom stereocenters. The highest BCUT2D eigenvalue weighted by molar-refractivity contribution is 7.92. The van der Waals surface area contributed by atoms with E-state index < -0.39 is 34.1 Å². The fraction of sp³-hybridized carbons (Fsp3) is 0.333. The monoisotopic (exact) mass is 535 g/mol. The molecule has 0 aliphatic rings. The van der Waals surface area contributed by atoms with Gasteiger partial charge in [0, 0.05) is 12.1 Å². The van der Waals surface area contributed by atoms with Gasteiger partial charge in [0.15, 0.2) is 0 Å². The second kappa shape index (κ2) is 11.8. The SMILES string of the molecule is Cc1ccc(S(=O)(=O)N(CC(=O)N(Cc2ccccc2)[C@@H](C)C(=O)NC(C)(C)C)c2ccccc2C)cc1. The number of carbonyl (C=O) groups is 2. The highest BCUT2D eigenvalue weighted by atomic mass is 32.2. The number of para-hydroxylation sites is 1. The molecule has 0 unspecified atom stereocenters. The normalized spacial score (nSPS) is 12.5. The molecule has 2 amide bonds. The van der Waals surface area contributed by atoms with Crippen molar-refractivity contribution in [1.29, 1.82) is 0 Å². The second-order valence-corrected chi connectivity index (χ2v) is 12.4. The fourth-order valence-electron chi connectivity index (χ4n) is 4.03. The van der Waals surface area contributed by atoms with Crippen molar-refractivity contribution in [3.05, 3.63) is 95.6 Å². The summed E-state index contributed by atoms with van der Waals surface area (Å²) in [6.07, 6.45) is 0. The Balaban J connectivity index is 2.04. The number of hydrogen-bond donors (Lipinski definition) is 1. The topological polar surface area (TPSA) is 86.8 Å². The van der Waals surface area contributed by atoms with Crippen LogP contribution in [0.15, 0.2) is 83.8 Å². The highest BCUT2D eigenvalue weighted by Crippen LogP contribution is 2.27. The van der Waals surface area contributed by atoms with Gasteiger partial charge in [0.1, 0.15) is 12.6 Å². The zero-order valence-electron chi connectivity index (χ0n) is 22.9. The van der Waals surface area contributed by atoms with Crippen LogP contribution >= 0.6 is 0 Å². The predicted octanol–water partition coefficient (Wildman–Crippen LogP) is 4.83. The molecule has 0 aromatic heterocycles. The molecule has 0 saturated carbocycles. The van der Waals surface area contributed by atoms with Crippen LogP contribution in [-0.4, -0.2) is 43.3 Å². The van der Waals surface area contributed by atoms with E-state index in [9.17, 15) is 18.0 Å². The number of nitrogens with one attached hydrogen (secondary N) is 1. The van der Waals surface area contributed by atoms with Gasteiger partial charge in [-0.15, -0.1) is 0 Å². The van der Waals surface area contributed by atoms with Crippen LogP contribution in [0, 0.1) is 13.8 Å². The summed E-state index contributed by atoms with van der Waals surface area (Å²) in [5.74, 6) is -0.796. The maximum atomic E-state index is 13.9. The van der Waals surface area contributed by atoms with Crippen LogP contribution in [0.5, 0.6) is 0 Å². The molecule has 0 heterocycles. The lowest BCUT2D eigenvalue weighted by atomic mass is 10.1. The van der Waals surface area contributed by atoms with Crippen LogP contribution in [0.1, 0.15) is 44.4 Å². The number of aryl methyl sites for hydroxylation is 2. The van der Waals surface area contributed by atoms with E-state index in [-0.39, 0.29) is 17.3 Å². The minimum absolute atomic E-state index is 0.0901. The second-order valence-electron chi connectivity index (χ2n) is 10.5. The van der Waals surface area contributed by atoms with Gasteiger partial charge in [-0.3, -0.25) is 13.9 Å². The first-order valence-corrected chi connectivity index (χ1v) is 14.0. The third-order valence-electron chi connectivity index (χ3n) is 6.13. The summed E-state index contributed by atoms with van der Waals surface area (Å²) in [4.78, 5) is 28.6. The molecule has 3 aromatic carbocycles. The van der Waals surface area contributed by atoms with Gasteiger partial charge < -0.3 is 10.2 Å². The van der Waals surface area contributed by atoms with Crippen molar-refractivity contribution in [3.63, 3.8) is 0 Å². The maximum absolute atomic E-state index is 13.9. The lowest BCUT2D eigenvalue weighted by Crippen LogP contribution is -2.54. The summed E-state index contributed by atoms with van der Waals surface area (Å²) < 4.78 is 28.9. The summed E-state index contributed by atoms with van der Waals surface area (Å²) in [6, 6.07) is 22.1. The van der Waals surface area contributed by atoms with Crippen LogP contribution in [0.4, 0.5) is 5.69 Å². The van der Waals surface area contributed by atoms with E-state index in [1.165, 1.54) is 4.90 Å². The predicted molar refractivity (Wildman–Crippen MR) is 151 cm³/mol. The zero-order valence-corrected chi connectivity index (χ0v) is 23.7. The van der Waals surface area contributed by atoms with Crippen LogP contribution in [0.2, 0.25) is 0 Å². The Morgan fingerprint density at radius 2 is 1.45 bits per heavy atom. The Morgan fingerprint density at radius 3 is 2.03 bits per heavy atom. The minimum atomic E-state index is -4.08. The largest absolute Gasteiger partial charge is 0.350 e. The lowest BCUT2D eigenvalue weighted by molar-refractivity contribution is -0.140. The van der Waals surface area contributed by atoms with Gasteiger partial charge in [0.25, 0.3) is 10.0 Å². The maximum Gasteiger partial charge on any atom is 0.264 e. The number of anilines is 1. The molecule has 38 heavy (non-hydrogen) atoms. The molecule has 0 saturated heterocycles. The highest BCUT2D eigenvalue weighted by Gasteiger charge is 2.33. The van der Waals surface area contributed by atoms with E-state index in [1.54, 1.807) is 56.3 Å². The molecule has 1 N–H and O–H groups in total. The van der Waals surface area contributed by atoms with Crippen molar-refractivity contribution in [2.24, 2.45) is 0 Å². The van der Waals surface area contributed by atoms with E-state index in [0.717, 1.165) is 15.4 Å². The average molecular weight is 536 g/mol. The van der Waals surface area contributed by atoms with Crippen LogP contribution in [0.3, 0.4) is 0 Å². The first-order valence-electron chi connectivity index (χ1n) is 12.6. The van der Waals surface area contributed by atoms with Gasteiger partial charge in [0.2, 0.25) is 11.8 Å². The summed E-state index contributed by atoms with van der Waals surface area (Å²) >= 11 is 0. The standard InChI is InChI=1S/C30H37N3O4S/c1-22-16-18-26(19-17-22)38(36,37)33(27-15-11-10-12-23(27)2)21-28(34)32(20-25-13-8-7-9-14-25)24(3)29(35)31-30(4,5)6/h7-19,24H,20-21H2,1-6H3,(H,31,35)/t24-/m0/s1. The van der Waals surface area contributed by atoms with E-state index in [1.807, 2.05) is 64.1 Å². The van der Waals surface area contributed by atoms with Crippen LogP contribution < -0.4 is 9.62 Å². The number of benzene rings is 3. The van der Waals surface area contributed by atoms with Crippen LogP contribution in [-0.2, 0) is 26.2 Å². The molecule has 202 valence electrons. The minimum Gasteiger partial charge on any atom is -0.350 e. The van der Waals surface area contributed by atoms with Crippen molar-refractivity contribution in [1.82, 2.24) is 10.2 Å². The molecular weight excluding hydrogens is 498 g/mol. The number of hydrogen-bond acceptors (Lipinski definition) is 4. The molecule has 0 spiro atoms. The number of rotatable bonds is 9. The quantitative estimate of drug-likeness (QED) is 0.425. The van der Waals surface area contributed by atoms with E-state index in [2.05, 4.69) is 5.32 Å². The summed E-state index contributed by atoms with van der Waals surface area (Å²) in [5, 5.41) is 2.93. The summed E-state index contributed by atoms with van der Waals surface area (Å²) in [7, 11) is -4.08. The van der Waals surface area contributed by atoms with Crippen molar-refractivity contribution in [3.8, 4) is 0 Å². The lowest BCUT2D eigenvalue weighted by Gasteiger charge is -2.33. The zero-order chi connectivity index (χ0) is 28.1. The Bertz CT molecular complexity index is 1360. The number of amides is 2. The van der Waals surface area contributed by atoms with Gasteiger partial charge in [-0.1, -0.05) is 66.2 Å². The number of sulfonamides is 1. The van der Waals surface area contributed by atoms with Crippen molar-refractivity contribution in [2.75, 3.05) is 10.8 Å². The van der Waals surface area contributed by atoms with E-state index in [4.69, 9.17) is 0 Å². The Hall–Kier alpha value is -3.65. The molecular formula is C30H37N3O4S. The first kappa shape index (κ1) is 28.9. The average Bonchev–Trinajstić information content (AvgIpc) is 2.85. The van der Waals surface area contributed by atoms with Crippen molar-refractivity contribution >= 4 is 27.5 Å². The van der Waals surface area contributed by atoms with Gasteiger partial charge in [-0.25, -0.2) is 8.42 Å². The fourth-order valence-corrected chi connectivity index (χ4v) is 5.51. The third kappa shape index (κ3) is 7.22. The first-order chi connectivity index (χ1) is 17.8. The molecule has 8 heteroatoms. The Kier molecular flexibility index (Phi) is 8.99. The molecule has 0 aliphatic heterocycles. The Labute approximate surface area is 226 Å². The van der Waals surface area contributed by atoms with E-state index in [0.29, 0.717) is 11.3 Å². The molecule has 0 radical (unpaired) electrons. The third-order valence-corrected chi connectivity index (χ3v) is 7.91. The molecule has 0 bridgehead atoms. The molecule has 7 nitrogen and oxygen atoms in total. The van der Waals surface area contributed by atoms with Crippen LogP contribution in [0.25, 0.3) is 0 Å². The smallest absolute Gasteiger partial charge is 0.264 e.